The van der Waals surface area contributed by atoms with Gasteiger partial charge in [0.25, 0.3) is 0 Å². The monoisotopic (exact) mass is 213 g/mol. The molecule has 0 bridgehead atoms. The number of nitrogens with zero attached hydrogens (tertiary/aromatic N) is 1. The summed E-state index contributed by atoms with van der Waals surface area (Å²) in [5.41, 5.74) is 1.02. The molecule has 1 aliphatic carbocycles. The Hall–Kier alpha value is -0.610. The number of rotatable bonds is 1. The van der Waals surface area contributed by atoms with Crippen molar-refractivity contribution >= 4 is 11.3 Å². The Morgan fingerprint density at radius 3 is 2.57 bits per heavy atom. The lowest BCUT2D eigenvalue weighted by Crippen LogP contribution is -2.26. The van der Waals surface area contributed by atoms with E-state index in [1.807, 2.05) is 13.8 Å². The van der Waals surface area contributed by atoms with Crippen molar-refractivity contribution in [3.05, 3.63) is 20.2 Å². The van der Waals surface area contributed by atoms with Gasteiger partial charge in [0.1, 0.15) is 0 Å². The van der Waals surface area contributed by atoms with E-state index < -0.39 is 0 Å². The van der Waals surface area contributed by atoms with Crippen LogP contribution in [0.15, 0.2) is 4.79 Å². The number of aliphatic hydroxyl groups excluding tert-OH is 1. The minimum atomic E-state index is -0.333. The van der Waals surface area contributed by atoms with Crippen LogP contribution in [0.1, 0.15) is 35.9 Å². The van der Waals surface area contributed by atoms with Gasteiger partial charge in [-0.1, -0.05) is 11.3 Å². The van der Waals surface area contributed by atoms with E-state index in [0.717, 1.165) is 29.8 Å². The fraction of sp³-hybridized carbons (Fsp3) is 0.700. The number of aromatic nitrogens is 1. The lowest BCUT2D eigenvalue weighted by Gasteiger charge is -2.17. The number of thiazole rings is 1. The number of hydrogen-bond donors (Lipinski definition) is 1. The van der Waals surface area contributed by atoms with Crippen molar-refractivity contribution in [1.29, 1.82) is 0 Å². The first-order chi connectivity index (χ1) is 6.61. The van der Waals surface area contributed by atoms with Gasteiger partial charge in [-0.15, -0.1) is 0 Å². The van der Waals surface area contributed by atoms with Gasteiger partial charge in [0, 0.05) is 10.6 Å². The first-order valence-electron chi connectivity index (χ1n) is 4.98. The second-order valence-corrected chi connectivity index (χ2v) is 5.11. The maximum Gasteiger partial charge on any atom is 0.307 e. The van der Waals surface area contributed by atoms with Crippen LogP contribution in [-0.2, 0) is 0 Å². The van der Waals surface area contributed by atoms with Gasteiger partial charge in [0.05, 0.1) is 12.1 Å². The van der Waals surface area contributed by atoms with E-state index in [1.54, 1.807) is 4.57 Å². The molecule has 0 radical (unpaired) electrons. The van der Waals surface area contributed by atoms with Crippen LogP contribution in [0, 0.1) is 13.8 Å². The molecule has 1 fully saturated rings. The summed E-state index contributed by atoms with van der Waals surface area (Å²) >= 11 is 1.28. The topological polar surface area (TPSA) is 42.2 Å². The van der Waals surface area contributed by atoms with E-state index in [1.165, 1.54) is 11.3 Å². The molecule has 14 heavy (non-hydrogen) atoms. The maximum absolute atomic E-state index is 11.7. The molecule has 1 heterocycles. The highest BCUT2D eigenvalue weighted by atomic mass is 32.1. The highest BCUT2D eigenvalue weighted by Gasteiger charge is 2.29. The van der Waals surface area contributed by atoms with E-state index >= 15 is 0 Å². The predicted octanol–water partition coefficient (Wildman–Crippen LogP) is 1.61. The van der Waals surface area contributed by atoms with E-state index in [4.69, 9.17) is 0 Å². The molecule has 2 atom stereocenters. The van der Waals surface area contributed by atoms with Crippen molar-refractivity contribution in [2.75, 3.05) is 0 Å². The van der Waals surface area contributed by atoms with Crippen molar-refractivity contribution in [2.45, 2.75) is 45.3 Å². The summed E-state index contributed by atoms with van der Waals surface area (Å²) in [7, 11) is 0. The predicted molar refractivity (Wildman–Crippen MR) is 56.9 cm³/mol. The standard InChI is InChI=1S/C10H15NO2S/c1-6-7(2)14-10(13)11(6)8-4-3-5-9(8)12/h8-9,12H,3-5H2,1-2H3/t8-,9-/m0/s1. The Morgan fingerprint density at radius 2 is 2.14 bits per heavy atom. The van der Waals surface area contributed by atoms with Gasteiger partial charge in [-0.05, 0) is 33.1 Å². The first-order valence-corrected chi connectivity index (χ1v) is 5.79. The van der Waals surface area contributed by atoms with Crippen molar-refractivity contribution in [3.63, 3.8) is 0 Å². The van der Waals surface area contributed by atoms with Crippen LogP contribution in [0.5, 0.6) is 0 Å². The van der Waals surface area contributed by atoms with Crippen LogP contribution in [0.25, 0.3) is 0 Å². The summed E-state index contributed by atoms with van der Waals surface area (Å²) < 4.78 is 1.78. The van der Waals surface area contributed by atoms with E-state index in [-0.39, 0.29) is 17.0 Å². The molecule has 1 aromatic rings. The Balaban J connectivity index is 2.45. The lowest BCUT2D eigenvalue weighted by atomic mass is 10.2. The third kappa shape index (κ3) is 1.42. The van der Waals surface area contributed by atoms with Gasteiger partial charge in [-0.2, -0.15) is 0 Å². The number of aliphatic hydroxyl groups is 1. The van der Waals surface area contributed by atoms with Crippen molar-refractivity contribution in [3.8, 4) is 0 Å². The normalized spacial score (nSPS) is 27.1. The molecule has 1 saturated carbocycles. The Kier molecular flexibility index (Phi) is 2.49. The first kappa shape index (κ1) is 9.93. The van der Waals surface area contributed by atoms with Crippen molar-refractivity contribution in [2.24, 2.45) is 0 Å². The quantitative estimate of drug-likeness (QED) is 0.770. The molecule has 1 aliphatic rings. The SMILES string of the molecule is Cc1sc(=O)n([C@H]2CCC[C@@H]2O)c1C. The van der Waals surface area contributed by atoms with Crippen molar-refractivity contribution < 1.29 is 5.11 Å². The second kappa shape index (κ2) is 3.51. The minimum absolute atomic E-state index is 0.0208. The molecule has 1 aromatic heterocycles. The molecule has 1 N–H and O–H groups in total. The van der Waals surface area contributed by atoms with E-state index in [0.29, 0.717) is 0 Å². The van der Waals surface area contributed by atoms with Gasteiger partial charge in [0.2, 0.25) is 0 Å². The molecule has 0 spiro atoms. The second-order valence-electron chi connectivity index (χ2n) is 3.95. The third-order valence-corrected chi connectivity index (χ3v) is 4.06. The van der Waals surface area contributed by atoms with Gasteiger partial charge in [-0.3, -0.25) is 9.36 Å². The van der Waals surface area contributed by atoms with E-state index in [9.17, 15) is 9.90 Å². The summed E-state index contributed by atoms with van der Waals surface area (Å²) in [4.78, 5) is 12.8. The van der Waals surface area contributed by atoms with Gasteiger partial charge in [-0.25, -0.2) is 0 Å². The Bertz CT molecular complexity index is 393. The average Bonchev–Trinajstić information content (AvgIpc) is 2.60. The molecule has 4 heteroatoms. The molecule has 0 saturated heterocycles. The molecule has 0 unspecified atom stereocenters. The highest BCUT2D eigenvalue weighted by Crippen LogP contribution is 2.31. The molecule has 0 amide bonds. The van der Waals surface area contributed by atoms with Crippen LogP contribution >= 0.6 is 11.3 Å². The van der Waals surface area contributed by atoms with Crippen molar-refractivity contribution in [1.82, 2.24) is 4.57 Å². The average molecular weight is 213 g/mol. The minimum Gasteiger partial charge on any atom is -0.391 e. The molecule has 3 nitrogen and oxygen atoms in total. The summed E-state index contributed by atoms with van der Waals surface area (Å²) in [5.74, 6) is 0. The fourth-order valence-corrected chi connectivity index (χ4v) is 3.05. The largest absolute Gasteiger partial charge is 0.391 e. The lowest BCUT2D eigenvalue weighted by molar-refractivity contribution is 0.134. The number of hydrogen-bond acceptors (Lipinski definition) is 3. The fourth-order valence-electron chi connectivity index (χ4n) is 2.17. The molecule has 78 valence electrons. The van der Waals surface area contributed by atoms with Crippen LogP contribution in [0.3, 0.4) is 0 Å². The highest BCUT2D eigenvalue weighted by molar-refractivity contribution is 7.09. The zero-order valence-electron chi connectivity index (χ0n) is 8.49. The van der Waals surface area contributed by atoms with Crippen LogP contribution in [-0.4, -0.2) is 15.8 Å². The molecule has 2 rings (SSSR count). The molecule has 0 aliphatic heterocycles. The van der Waals surface area contributed by atoms with Gasteiger partial charge < -0.3 is 5.11 Å². The maximum atomic E-state index is 11.7. The summed E-state index contributed by atoms with van der Waals surface area (Å²) in [6.07, 6.45) is 2.44. The smallest absolute Gasteiger partial charge is 0.307 e. The van der Waals surface area contributed by atoms with E-state index in [2.05, 4.69) is 0 Å². The molecule has 0 aromatic carbocycles. The van der Waals surface area contributed by atoms with Gasteiger partial charge in [0.15, 0.2) is 0 Å². The molecular weight excluding hydrogens is 198 g/mol. The van der Waals surface area contributed by atoms with Crippen LogP contribution < -0.4 is 4.87 Å². The Labute approximate surface area is 87.0 Å². The zero-order valence-corrected chi connectivity index (χ0v) is 9.30. The Morgan fingerprint density at radius 1 is 1.43 bits per heavy atom. The summed E-state index contributed by atoms with van der Waals surface area (Å²) in [6.45, 7) is 3.91. The van der Waals surface area contributed by atoms with Crippen LogP contribution in [0.2, 0.25) is 0 Å². The summed E-state index contributed by atoms with van der Waals surface area (Å²) in [5, 5.41) is 9.75. The third-order valence-electron chi connectivity index (χ3n) is 3.08. The van der Waals surface area contributed by atoms with Crippen LogP contribution in [0.4, 0.5) is 0 Å². The number of aryl methyl sites for hydroxylation is 1. The van der Waals surface area contributed by atoms with Gasteiger partial charge >= 0.3 is 4.87 Å². The molecular formula is C10H15NO2S. The summed E-state index contributed by atoms with van der Waals surface area (Å²) in [6, 6.07) is 0.0208. The zero-order chi connectivity index (χ0) is 10.3.